The lowest BCUT2D eigenvalue weighted by Gasteiger charge is -2.27. The fourth-order valence-corrected chi connectivity index (χ4v) is 5.50. The van der Waals surface area contributed by atoms with Crippen LogP contribution in [0.1, 0.15) is 53.6 Å². The first-order valence-electron chi connectivity index (χ1n) is 14.5. The molecule has 2 fully saturated rings. The summed E-state index contributed by atoms with van der Waals surface area (Å²) in [5.41, 5.74) is 2.45. The number of amides is 1. The Kier molecular flexibility index (Phi) is 9.72. The van der Waals surface area contributed by atoms with Crippen LogP contribution in [0, 0.1) is 23.3 Å². The maximum absolute atomic E-state index is 13.9. The number of carbonyl (C=O) groups is 2. The van der Waals surface area contributed by atoms with Crippen LogP contribution in [0.3, 0.4) is 0 Å². The van der Waals surface area contributed by atoms with Gasteiger partial charge in [0.1, 0.15) is 0 Å². The van der Waals surface area contributed by atoms with Crippen LogP contribution in [0.15, 0.2) is 71.8 Å². The number of hydrogen-bond donors (Lipinski definition) is 2. The van der Waals surface area contributed by atoms with Gasteiger partial charge in [-0.25, -0.2) is 17.6 Å². The van der Waals surface area contributed by atoms with Gasteiger partial charge in [-0.3, -0.25) is 9.59 Å². The molecule has 0 atom stereocenters. The van der Waals surface area contributed by atoms with E-state index in [1.165, 1.54) is 50.2 Å². The van der Waals surface area contributed by atoms with Gasteiger partial charge in [0.25, 0.3) is 5.91 Å². The molecule has 3 aromatic rings. The highest BCUT2D eigenvalue weighted by Crippen LogP contribution is 2.29. The van der Waals surface area contributed by atoms with Crippen LogP contribution >= 0.6 is 0 Å². The van der Waals surface area contributed by atoms with Gasteiger partial charge in [0.15, 0.2) is 29.1 Å². The summed E-state index contributed by atoms with van der Waals surface area (Å²) in [4.78, 5) is 29.0. The second-order valence-corrected chi connectivity index (χ2v) is 11.0. The Labute approximate surface area is 248 Å². The molecule has 1 saturated carbocycles. The van der Waals surface area contributed by atoms with E-state index in [-0.39, 0.29) is 46.8 Å². The van der Waals surface area contributed by atoms with E-state index < -0.39 is 29.3 Å². The molecule has 0 unspecified atom stereocenters. The molecule has 3 aromatic carbocycles. The summed E-state index contributed by atoms with van der Waals surface area (Å²) in [5.74, 6) is -4.83. The van der Waals surface area contributed by atoms with E-state index >= 15 is 0 Å². The van der Waals surface area contributed by atoms with Crippen molar-refractivity contribution in [3.8, 4) is 0 Å². The number of benzene rings is 3. The van der Waals surface area contributed by atoms with Crippen LogP contribution < -0.4 is 10.6 Å². The molecular formula is C34H33F4N3O2. The Bertz CT molecular complexity index is 1470. The molecule has 9 heteroatoms. The smallest absolute Gasteiger partial charge is 0.251 e. The van der Waals surface area contributed by atoms with E-state index in [1.807, 2.05) is 12.1 Å². The third-order valence-corrected chi connectivity index (χ3v) is 7.75. The number of carbonyl (C=O) groups excluding carboxylic acids is 2. The summed E-state index contributed by atoms with van der Waals surface area (Å²) in [6, 6.07) is 13.2. The van der Waals surface area contributed by atoms with Crippen molar-refractivity contribution >= 4 is 29.5 Å². The average molecular weight is 592 g/mol. The standard InChI is InChI=1S/C34H33F4N3O2/c35-29-10-4-22(18-31(29)37)16-25-20-28(21-26(33(25)42)17-23-5-11-30(36)32(38)19-23)40-34(43)24-6-8-27(9-7-24)39-12-3-15-41-13-1-2-14-41/h4-11,16-19,28,39H,1-3,12-15,20-21H2,(H,40,43)/b25-16+,26-17+. The maximum Gasteiger partial charge on any atom is 0.251 e. The molecule has 0 spiro atoms. The van der Waals surface area contributed by atoms with Gasteiger partial charge in [0.2, 0.25) is 0 Å². The van der Waals surface area contributed by atoms with Gasteiger partial charge in [-0.15, -0.1) is 0 Å². The zero-order chi connectivity index (χ0) is 30.3. The Hall–Kier alpha value is -4.24. The summed E-state index contributed by atoms with van der Waals surface area (Å²) in [6.45, 7) is 4.24. The second-order valence-electron chi connectivity index (χ2n) is 11.0. The van der Waals surface area contributed by atoms with Crippen molar-refractivity contribution in [2.45, 2.75) is 38.1 Å². The summed E-state index contributed by atoms with van der Waals surface area (Å²) in [5, 5.41) is 6.35. The van der Waals surface area contributed by atoms with E-state index in [0.29, 0.717) is 5.56 Å². The van der Waals surface area contributed by atoms with E-state index in [9.17, 15) is 27.2 Å². The second kappa shape index (κ2) is 13.8. The molecule has 2 aliphatic rings. The van der Waals surface area contributed by atoms with E-state index in [2.05, 4.69) is 15.5 Å². The summed E-state index contributed by atoms with van der Waals surface area (Å²) >= 11 is 0. The van der Waals surface area contributed by atoms with E-state index in [0.717, 1.165) is 49.5 Å². The number of rotatable bonds is 9. The van der Waals surface area contributed by atoms with Crippen molar-refractivity contribution in [3.05, 3.63) is 112 Å². The Morgan fingerprint density at radius 3 is 1.88 bits per heavy atom. The number of ketones is 1. The molecule has 0 bridgehead atoms. The number of Topliss-reactive ketones (excluding diaryl/α,β-unsaturated/α-hetero) is 1. The van der Waals surface area contributed by atoms with Crippen LogP contribution in [0.2, 0.25) is 0 Å². The average Bonchev–Trinajstić information content (AvgIpc) is 3.51. The highest BCUT2D eigenvalue weighted by Gasteiger charge is 2.29. The zero-order valence-corrected chi connectivity index (χ0v) is 23.6. The predicted octanol–water partition coefficient (Wildman–Crippen LogP) is 6.77. The summed E-state index contributed by atoms with van der Waals surface area (Å²) in [6.07, 6.45) is 6.77. The van der Waals surface area contributed by atoms with Crippen molar-refractivity contribution in [2.24, 2.45) is 0 Å². The number of nitrogens with one attached hydrogen (secondary N) is 2. The van der Waals surface area contributed by atoms with Gasteiger partial charge in [-0.2, -0.15) is 0 Å². The largest absolute Gasteiger partial charge is 0.385 e. The van der Waals surface area contributed by atoms with E-state index in [4.69, 9.17) is 0 Å². The molecular weight excluding hydrogens is 558 g/mol. The fraction of sp³-hybridized carbons (Fsp3) is 0.294. The lowest BCUT2D eigenvalue weighted by atomic mass is 9.83. The molecule has 224 valence electrons. The zero-order valence-electron chi connectivity index (χ0n) is 23.6. The number of hydrogen-bond acceptors (Lipinski definition) is 4. The minimum atomic E-state index is -1.05. The van der Waals surface area contributed by atoms with Gasteiger partial charge >= 0.3 is 0 Å². The minimum absolute atomic E-state index is 0.148. The number of anilines is 1. The Morgan fingerprint density at radius 2 is 1.35 bits per heavy atom. The molecule has 2 N–H and O–H groups in total. The molecule has 0 radical (unpaired) electrons. The summed E-state index contributed by atoms with van der Waals surface area (Å²) < 4.78 is 54.6. The van der Waals surface area contributed by atoms with Gasteiger partial charge < -0.3 is 15.5 Å². The first kappa shape index (κ1) is 30.2. The molecule has 0 aromatic heterocycles. The molecule has 5 nitrogen and oxygen atoms in total. The topological polar surface area (TPSA) is 61.4 Å². The van der Waals surface area contributed by atoms with Crippen LogP contribution in [0.25, 0.3) is 12.2 Å². The van der Waals surface area contributed by atoms with Crippen molar-refractivity contribution in [3.63, 3.8) is 0 Å². The monoisotopic (exact) mass is 591 g/mol. The number of nitrogens with zero attached hydrogens (tertiary/aromatic N) is 1. The number of likely N-dealkylation sites (tertiary alicyclic amines) is 1. The van der Waals surface area contributed by atoms with Gasteiger partial charge in [0.05, 0.1) is 0 Å². The molecule has 1 heterocycles. The van der Waals surface area contributed by atoms with Crippen LogP contribution in [0.5, 0.6) is 0 Å². The fourth-order valence-electron chi connectivity index (χ4n) is 5.50. The van der Waals surface area contributed by atoms with Gasteiger partial charge in [0, 0.05) is 35.0 Å². The van der Waals surface area contributed by atoms with E-state index in [1.54, 1.807) is 12.1 Å². The first-order chi connectivity index (χ1) is 20.7. The van der Waals surface area contributed by atoms with Crippen LogP contribution in [-0.2, 0) is 4.79 Å². The van der Waals surface area contributed by atoms with Crippen molar-refractivity contribution in [1.29, 1.82) is 0 Å². The quantitative estimate of drug-likeness (QED) is 0.164. The molecule has 1 aliphatic carbocycles. The minimum Gasteiger partial charge on any atom is -0.385 e. The van der Waals surface area contributed by atoms with Crippen molar-refractivity contribution < 1.29 is 27.2 Å². The van der Waals surface area contributed by atoms with Gasteiger partial charge in [-0.1, -0.05) is 12.1 Å². The maximum atomic E-state index is 13.9. The highest BCUT2D eigenvalue weighted by atomic mass is 19.2. The molecule has 1 amide bonds. The Balaban J connectivity index is 1.29. The third-order valence-electron chi connectivity index (χ3n) is 7.75. The lowest BCUT2D eigenvalue weighted by molar-refractivity contribution is -0.113. The molecule has 1 aliphatic heterocycles. The summed E-state index contributed by atoms with van der Waals surface area (Å²) in [7, 11) is 0. The third kappa shape index (κ3) is 7.99. The number of halogens is 4. The molecule has 1 saturated heterocycles. The van der Waals surface area contributed by atoms with Crippen molar-refractivity contribution in [1.82, 2.24) is 10.2 Å². The van der Waals surface area contributed by atoms with Crippen molar-refractivity contribution in [2.75, 3.05) is 31.5 Å². The lowest BCUT2D eigenvalue weighted by Crippen LogP contribution is -2.39. The SMILES string of the molecule is O=C1/C(=C/c2ccc(F)c(F)c2)CC(NC(=O)c2ccc(NCCCN3CCCC3)cc2)C/C1=C\c1ccc(F)c(F)c1. The highest BCUT2D eigenvalue weighted by molar-refractivity contribution is 6.14. The molecule has 5 rings (SSSR count). The van der Waals surface area contributed by atoms with Gasteiger partial charge in [-0.05, 0) is 124 Å². The predicted molar refractivity (Wildman–Crippen MR) is 159 cm³/mol. The molecule has 43 heavy (non-hydrogen) atoms. The van der Waals surface area contributed by atoms with Crippen LogP contribution in [-0.4, -0.2) is 48.8 Å². The first-order valence-corrected chi connectivity index (χ1v) is 14.5. The Morgan fingerprint density at radius 1 is 0.791 bits per heavy atom. The normalized spacial score (nSPS) is 19.3. The van der Waals surface area contributed by atoms with Crippen LogP contribution in [0.4, 0.5) is 23.2 Å².